The van der Waals surface area contributed by atoms with Gasteiger partial charge >= 0.3 is 5.97 Å². The van der Waals surface area contributed by atoms with Gasteiger partial charge in [-0.05, 0) is 35.1 Å². The molecule has 3 rings (SSSR count). The fraction of sp³-hybridized carbons (Fsp3) is 0.318. The van der Waals surface area contributed by atoms with Gasteiger partial charge in [-0.1, -0.05) is 89.4 Å². The van der Waals surface area contributed by atoms with Crippen LogP contribution in [0.4, 0.5) is 0 Å². The normalized spacial score (nSPS) is 17.8. The maximum absolute atomic E-state index is 11.2. The Bertz CT molecular complexity index is 794. The minimum Gasteiger partial charge on any atom is -0.462 e. The largest absolute Gasteiger partial charge is 0.462 e. The second kappa shape index (κ2) is 8.88. The molecule has 0 N–H and O–H groups in total. The molecule has 0 amide bonds. The lowest BCUT2D eigenvalue weighted by Gasteiger charge is -2.11. The molecule has 26 heavy (non-hydrogen) atoms. The fourth-order valence-electron chi connectivity index (χ4n) is 3.13. The van der Waals surface area contributed by atoms with E-state index in [0.717, 1.165) is 29.3 Å². The SMILES string of the molecule is CCCc1ccc(-c2ccc(/C(Cl)=C(/Br)C[C@@H]3CCC(=O)O3)cc2)cc1. The van der Waals surface area contributed by atoms with Crippen molar-refractivity contribution in [3.63, 3.8) is 0 Å². The van der Waals surface area contributed by atoms with E-state index >= 15 is 0 Å². The van der Waals surface area contributed by atoms with E-state index in [-0.39, 0.29) is 12.1 Å². The molecule has 0 bridgehead atoms. The highest BCUT2D eigenvalue weighted by Crippen LogP contribution is 2.33. The third kappa shape index (κ3) is 4.77. The Hall–Kier alpha value is -1.58. The van der Waals surface area contributed by atoms with Gasteiger partial charge < -0.3 is 4.74 Å². The maximum Gasteiger partial charge on any atom is 0.306 e. The monoisotopic (exact) mass is 432 g/mol. The van der Waals surface area contributed by atoms with Crippen LogP contribution >= 0.6 is 27.5 Å². The van der Waals surface area contributed by atoms with Crippen LogP contribution in [0.15, 0.2) is 53.0 Å². The van der Waals surface area contributed by atoms with E-state index in [1.165, 1.54) is 16.7 Å². The third-order valence-corrected chi connectivity index (χ3v) is 5.97. The van der Waals surface area contributed by atoms with Gasteiger partial charge in [-0.25, -0.2) is 0 Å². The standard InChI is InChI=1S/C22H22BrClO2/c1-2-3-15-4-6-16(7-5-15)17-8-10-18(11-9-17)22(24)20(23)14-19-12-13-21(25)26-19/h4-11,19H,2-3,12-14H2,1H3/b22-20-/t19-/m0/s1. The average molecular weight is 434 g/mol. The predicted octanol–water partition coefficient (Wildman–Crippen LogP) is 6.70. The Morgan fingerprint density at radius 3 is 2.27 bits per heavy atom. The molecule has 1 heterocycles. The van der Waals surface area contributed by atoms with Crippen LogP contribution in [0, 0.1) is 0 Å². The summed E-state index contributed by atoms with van der Waals surface area (Å²) in [6.45, 7) is 2.19. The summed E-state index contributed by atoms with van der Waals surface area (Å²) in [5.74, 6) is -0.124. The van der Waals surface area contributed by atoms with Gasteiger partial charge in [-0.15, -0.1) is 0 Å². The molecule has 0 aromatic heterocycles. The van der Waals surface area contributed by atoms with Crippen molar-refractivity contribution in [2.75, 3.05) is 0 Å². The van der Waals surface area contributed by atoms with Crippen molar-refractivity contribution < 1.29 is 9.53 Å². The van der Waals surface area contributed by atoms with Gasteiger partial charge in [0.25, 0.3) is 0 Å². The number of rotatable bonds is 6. The van der Waals surface area contributed by atoms with Gasteiger partial charge in [0.05, 0.1) is 5.03 Å². The molecule has 0 aliphatic carbocycles. The first-order valence-electron chi connectivity index (χ1n) is 9.00. The van der Waals surface area contributed by atoms with Crippen molar-refractivity contribution in [3.05, 3.63) is 64.1 Å². The van der Waals surface area contributed by atoms with Crippen LogP contribution in [0.2, 0.25) is 0 Å². The van der Waals surface area contributed by atoms with E-state index in [4.69, 9.17) is 16.3 Å². The van der Waals surface area contributed by atoms with Gasteiger partial charge in [0.2, 0.25) is 0 Å². The van der Waals surface area contributed by atoms with Crippen molar-refractivity contribution in [2.24, 2.45) is 0 Å². The summed E-state index contributed by atoms with van der Waals surface area (Å²) in [6.07, 6.45) is 4.06. The molecule has 1 atom stereocenters. The topological polar surface area (TPSA) is 26.3 Å². The highest BCUT2D eigenvalue weighted by molar-refractivity contribution is 9.11. The zero-order valence-corrected chi connectivity index (χ0v) is 17.1. The summed E-state index contributed by atoms with van der Waals surface area (Å²) in [5.41, 5.74) is 4.69. The number of halogens is 2. The first-order valence-corrected chi connectivity index (χ1v) is 10.2. The van der Waals surface area contributed by atoms with Crippen LogP contribution < -0.4 is 0 Å². The van der Waals surface area contributed by atoms with E-state index in [2.05, 4.69) is 59.3 Å². The summed E-state index contributed by atoms with van der Waals surface area (Å²) < 4.78 is 6.13. The van der Waals surface area contributed by atoms with Crippen molar-refractivity contribution in [1.29, 1.82) is 0 Å². The Morgan fingerprint density at radius 2 is 1.73 bits per heavy atom. The molecule has 2 aromatic rings. The summed E-state index contributed by atoms with van der Waals surface area (Å²) in [4.78, 5) is 11.2. The summed E-state index contributed by atoms with van der Waals surface area (Å²) in [6, 6.07) is 17.0. The summed E-state index contributed by atoms with van der Waals surface area (Å²) in [5, 5.41) is 0.665. The fourth-order valence-corrected chi connectivity index (χ4v) is 3.93. The zero-order valence-electron chi connectivity index (χ0n) is 14.8. The van der Waals surface area contributed by atoms with Crippen LogP contribution in [0.1, 0.15) is 43.7 Å². The van der Waals surface area contributed by atoms with E-state index in [0.29, 0.717) is 17.9 Å². The van der Waals surface area contributed by atoms with E-state index in [1.54, 1.807) is 0 Å². The first kappa shape index (κ1) is 19.2. The molecular weight excluding hydrogens is 412 g/mol. The number of cyclic esters (lactones) is 1. The number of carbonyl (C=O) groups excluding carboxylic acids is 1. The van der Waals surface area contributed by atoms with Gasteiger partial charge in [0, 0.05) is 17.3 Å². The highest BCUT2D eigenvalue weighted by atomic mass is 79.9. The number of ether oxygens (including phenoxy) is 1. The Balaban J connectivity index is 1.71. The maximum atomic E-state index is 11.2. The Kier molecular flexibility index (Phi) is 6.55. The molecule has 1 fully saturated rings. The third-order valence-electron chi connectivity index (χ3n) is 4.58. The summed E-state index contributed by atoms with van der Waals surface area (Å²) >= 11 is 10.1. The smallest absolute Gasteiger partial charge is 0.306 e. The van der Waals surface area contributed by atoms with Crippen molar-refractivity contribution >= 4 is 38.5 Å². The molecule has 2 nitrogen and oxygen atoms in total. The number of esters is 1. The molecule has 0 radical (unpaired) electrons. The Labute approximate surface area is 168 Å². The molecule has 1 aliphatic rings. The molecule has 2 aromatic carbocycles. The second-order valence-corrected chi connectivity index (χ2v) is 7.93. The van der Waals surface area contributed by atoms with Crippen LogP contribution in [-0.4, -0.2) is 12.1 Å². The second-order valence-electron chi connectivity index (χ2n) is 6.60. The van der Waals surface area contributed by atoms with E-state index in [1.807, 2.05) is 12.1 Å². The number of benzene rings is 2. The first-order chi connectivity index (χ1) is 12.6. The van der Waals surface area contributed by atoms with E-state index < -0.39 is 0 Å². The lowest BCUT2D eigenvalue weighted by molar-refractivity contribution is -0.141. The molecule has 136 valence electrons. The van der Waals surface area contributed by atoms with Crippen LogP contribution in [0.3, 0.4) is 0 Å². The lowest BCUT2D eigenvalue weighted by atomic mass is 10.0. The van der Waals surface area contributed by atoms with Gasteiger partial charge in [-0.2, -0.15) is 0 Å². The Morgan fingerprint density at radius 1 is 1.12 bits per heavy atom. The van der Waals surface area contributed by atoms with Crippen LogP contribution in [-0.2, 0) is 16.0 Å². The molecule has 1 saturated heterocycles. The molecular formula is C22H22BrClO2. The van der Waals surface area contributed by atoms with Crippen LogP contribution in [0.5, 0.6) is 0 Å². The average Bonchev–Trinajstić information content (AvgIpc) is 3.07. The lowest BCUT2D eigenvalue weighted by Crippen LogP contribution is -2.06. The molecule has 0 saturated carbocycles. The highest BCUT2D eigenvalue weighted by Gasteiger charge is 2.24. The predicted molar refractivity (Wildman–Crippen MR) is 111 cm³/mol. The van der Waals surface area contributed by atoms with Gasteiger partial charge in [0.1, 0.15) is 6.10 Å². The number of hydrogen-bond acceptors (Lipinski definition) is 2. The van der Waals surface area contributed by atoms with E-state index in [9.17, 15) is 4.79 Å². The van der Waals surface area contributed by atoms with Crippen molar-refractivity contribution in [3.8, 4) is 11.1 Å². The van der Waals surface area contributed by atoms with Crippen molar-refractivity contribution in [2.45, 2.75) is 45.1 Å². The zero-order chi connectivity index (χ0) is 18.5. The van der Waals surface area contributed by atoms with Crippen LogP contribution in [0.25, 0.3) is 16.2 Å². The van der Waals surface area contributed by atoms with Crippen molar-refractivity contribution in [1.82, 2.24) is 0 Å². The minimum atomic E-state index is -0.124. The molecule has 1 aliphatic heterocycles. The minimum absolute atomic E-state index is 0.0773. The molecule has 0 unspecified atom stereocenters. The quantitative estimate of drug-likeness (QED) is 0.473. The van der Waals surface area contributed by atoms with Gasteiger partial charge in [-0.3, -0.25) is 4.79 Å². The molecule has 0 spiro atoms. The number of carbonyl (C=O) groups is 1. The van der Waals surface area contributed by atoms with Gasteiger partial charge in [0.15, 0.2) is 0 Å². The molecule has 4 heteroatoms. The summed E-state index contributed by atoms with van der Waals surface area (Å²) in [7, 11) is 0. The number of hydrogen-bond donors (Lipinski definition) is 0. The number of aryl methyl sites for hydroxylation is 1.